The molecule has 0 atom stereocenters. The van der Waals surface area contributed by atoms with Gasteiger partial charge >= 0.3 is 0 Å². The van der Waals surface area contributed by atoms with Crippen LogP contribution in [-0.2, 0) is 4.79 Å². The number of nitrogens with one attached hydrogen (secondary N) is 2. The van der Waals surface area contributed by atoms with Crippen molar-refractivity contribution in [3.63, 3.8) is 0 Å². The summed E-state index contributed by atoms with van der Waals surface area (Å²) in [6, 6.07) is 13.5. The normalized spacial score (nSPS) is 14.7. The topological polar surface area (TPSA) is 64.7 Å². The van der Waals surface area contributed by atoms with Crippen molar-refractivity contribution in [1.29, 1.82) is 0 Å². The highest BCUT2D eigenvalue weighted by Gasteiger charge is 2.24. The molecule has 1 fully saturated rings. The molecule has 1 heterocycles. The molecule has 154 valence electrons. The Morgan fingerprint density at radius 1 is 1.00 bits per heavy atom. The van der Waals surface area contributed by atoms with Crippen LogP contribution in [0, 0.1) is 5.82 Å². The van der Waals surface area contributed by atoms with Crippen LogP contribution in [0.5, 0.6) is 0 Å². The molecule has 0 aromatic heterocycles. The van der Waals surface area contributed by atoms with Gasteiger partial charge in [0, 0.05) is 37.9 Å². The standard InChI is InChI=1S/C22H27FN4O2/c1-16(2)24-21(28)15-26-11-13-27(14-12-26)22(29)19-5-3-4-6-20(19)25-18-9-7-17(23)8-10-18/h3-10,16,25H,11-15H2,1-2H3,(H,24,28). The smallest absolute Gasteiger partial charge is 0.256 e. The van der Waals surface area contributed by atoms with Crippen LogP contribution in [0.4, 0.5) is 15.8 Å². The Hall–Kier alpha value is -2.93. The van der Waals surface area contributed by atoms with Gasteiger partial charge < -0.3 is 15.5 Å². The minimum atomic E-state index is -0.306. The van der Waals surface area contributed by atoms with Gasteiger partial charge in [-0.3, -0.25) is 14.5 Å². The molecule has 2 aromatic rings. The van der Waals surface area contributed by atoms with Crippen LogP contribution in [0.2, 0.25) is 0 Å². The second-order valence-corrected chi connectivity index (χ2v) is 7.47. The summed E-state index contributed by atoms with van der Waals surface area (Å²) in [5, 5.41) is 6.09. The van der Waals surface area contributed by atoms with Crippen molar-refractivity contribution in [2.45, 2.75) is 19.9 Å². The molecule has 3 rings (SSSR count). The van der Waals surface area contributed by atoms with E-state index >= 15 is 0 Å². The van der Waals surface area contributed by atoms with Crippen molar-refractivity contribution in [3.05, 3.63) is 59.9 Å². The quantitative estimate of drug-likeness (QED) is 0.785. The summed E-state index contributed by atoms with van der Waals surface area (Å²) in [5.74, 6) is -0.352. The van der Waals surface area contributed by atoms with Crippen molar-refractivity contribution < 1.29 is 14.0 Å². The minimum Gasteiger partial charge on any atom is -0.355 e. The molecule has 0 bridgehead atoms. The maximum atomic E-state index is 13.1. The number of carbonyl (C=O) groups excluding carboxylic acids is 2. The first-order valence-corrected chi connectivity index (χ1v) is 9.85. The number of carbonyl (C=O) groups is 2. The zero-order chi connectivity index (χ0) is 20.8. The van der Waals surface area contributed by atoms with Crippen molar-refractivity contribution >= 4 is 23.2 Å². The molecule has 0 spiro atoms. The molecule has 0 radical (unpaired) electrons. The van der Waals surface area contributed by atoms with Crippen molar-refractivity contribution in [3.8, 4) is 0 Å². The number of amides is 2. The Balaban J connectivity index is 1.61. The summed E-state index contributed by atoms with van der Waals surface area (Å²) in [6.07, 6.45) is 0. The number of piperazine rings is 1. The van der Waals surface area contributed by atoms with Crippen LogP contribution >= 0.6 is 0 Å². The summed E-state index contributed by atoms with van der Waals surface area (Å²) in [5.41, 5.74) is 1.97. The van der Waals surface area contributed by atoms with Gasteiger partial charge in [0.15, 0.2) is 0 Å². The molecule has 2 aromatic carbocycles. The van der Waals surface area contributed by atoms with Crippen LogP contribution in [0.25, 0.3) is 0 Å². The molecule has 7 heteroatoms. The first-order chi connectivity index (χ1) is 13.9. The maximum Gasteiger partial charge on any atom is 0.256 e. The number of benzene rings is 2. The lowest BCUT2D eigenvalue weighted by atomic mass is 10.1. The monoisotopic (exact) mass is 398 g/mol. The second kappa shape index (κ2) is 9.52. The SMILES string of the molecule is CC(C)NC(=O)CN1CCN(C(=O)c2ccccc2Nc2ccc(F)cc2)CC1. The number of anilines is 2. The minimum absolute atomic E-state index is 0.00798. The van der Waals surface area contributed by atoms with Crippen LogP contribution in [-0.4, -0.2) is 60.4 Å². The third kappa shape index (κ3) is 5.77. The van der Waals surface area contributed by atoms with Crippen molar-refractivity contribution in [2.24, 2.45) is 0 Å². The van der Waals surface area contributed by atoms with Crippen LogP contribution < -0.4 is 10.6 Å². The molecular weight excluding hydrogens is 371 g/mol. The van der Waals surface area contributed by atoms with E-state index in [1.54, 1.807) is 18.2 Å². The molecule has 0 aliphatic carbocycles. The molecule has 29 heavy (non-hydrogen) atoms. The van der Waals surface area contributed by atoms with Crippen LogP contribution in [0.1, 0.15) is 24.2 Å². The average molecular weight is 398 g/mol. The molecule has 2 amide bonds. The van der Waals surface area contributed by atoms with Crippen molar-refractivity contribution in [2.75, 3.05) is 38.0 Å². The van der Waals surface area contributed by atoms with Gasteiger partial charge in [0.2, 0.25) is 5.91 Å². The van der Waals surface area contributed by atoms with Gasteiger partial charge in [-0.15, -0.1) is 0 Å². The van der Waals surface area contributed by atoms with Gasteiger partial charge in [-0.1, -0.05) is 12.1 Å². The van der Waals surface area contributed by atoms with E-state index < -0.39 is 0 Å². The van der Waals surface area contributed by atoms with Crippen molar-refractivity contribution in [1.82, 2.24) is 15.1 Å². The molecule has 0 unspecified atom stereocenters. The third-order valence-electron chi connectivity index (χ3n) is 4.76. The fourth-order valence-corrected chi connectivity index (χ4v) is 3.32. The Morgan fingerprint density at radius 2 is 1.66 bits per heavy atom. The van der Waals surface area contributed by atoms with Gasteiger partial charge in [0.05, 0.1) is 17.8 Å². The van der Waals surface area contributed by atoms with E-state index in [4.69, 9.17) is 0 Å². The zero-order valence-corrected chi connectivity index (χ0v) is 16.8. The molecule has 1 aliphatic rings. The Kier molecular flexibility index (Phi) is 6.82. The maximum absolute atomic E-state index is 13.1. The van der Waals surface area contributed by atoms with E-state index in [2.05, 4.69) is 15.5 Å². The highest BCUT2D eigenvalue weighted by Crippen LogP contribution is 2.23. The third-order valence-corrected chi connectivity index (χ3v) is 4.76. The lowest BCUT2D eigenvalue weighted by molar-refractivity contribution is -0.123. The molecular formula is C22H27FN4O2. The van der Waals surface area contributed by atoms with Crippen LogP contribution in [0.15, 0.2) is 48.5 Å². The fraction of sp³-hybridized carbons (Fsp3) is 0.364. The highest BCUT2D eigenvalue weighted by molar-refractivity contribution is 6.00. The highest BCUT2D eigenvalue weighted by atomic mass is 19.1. The lowest BCUT2D eigenvalue weighted by Crippen LogP contribution is -2.51. The largest absolute Gasteiger partial charge is 0.355 e. The number of nitrogens with zero attached hydrogens (tertiary/aromatic N) is 2. The summed E-state index contributed by atoms with van der Waals surface area (Å²) < 4.78 is 13.1. The number of hydrogen-bond acceptors (Lipinski definition) is 4. The first-order valence-electron chi connectivity index (χ1n) is 9.85. The van der Waals surface area contributed by atoms with Crippen LogP contribution in [0.3, 0.4) is 0 Å². The summed E-state index contributed by atoms with van der Waals surface area (Å²) in [4.78, 5) is 28.9. The average Bonchev–Trinajstić information content (AvgIpc) is 2.69. The molecule has 6 nitrogen and oxygen atoms in total. The number of para-hydroxylation sites is 1. The van der Waals surface area contributed by atoms with Gasteiger partial charge in [-0.25, -0.2) is 4.39 Å². The molecule has 0 saturated carbocycles. The van der Waals surface area contributed by atoms with Gasteiger partial charge in [0.1, 0.15) is 5.82 Å². The summed E-state index contributed by atoms with van der Waals surface area (Å²) in [7, 11) is 0. The Bertz CT molecular complexity index is 846. The van der Waals surface area contributed by atoms with Gasteiger partial charge in [-0.2, -0.15) is 0 Å². The van der Waals surface area contributed by atoms with E-state index in [1.807, 2.05) is 36.9 Å². The molecule has 1 saturated heterocycles. The second-order valence-electron chi connectivity index (χ2n) is 7.47. The Morgan fingerprint density at radius 3 is 2.31 bits per heavy atom. The van der Waals surface area contributed by atoms with E-state index in [-0.39, 0.29) is 23.7 Å². The lowest BCUT2D eigenvalue weighted by Gasteiger charge is -2.34. The predicted molar refractivity (Wildman–Crippen MR) is 112 cm³/mol. The van der Waals surface area contributed by atoms with Gasteiger partial charge in [-0.05, 0) is 50.2 Å². The number of hydrogen-bond donors (Lipinski definition) is 2. The van der Waals surface area contributed by atoms with E-state index in [0.717, 1.165) is 0 Å². The van der Waals surface area contributed by atoms with E-state index in [9.17, 15) is 14.0 Å². The molecule has 2 N–H and O–H groups in total. The summed E-state index contributed by atoms with van der Waals surface area (Å²) in [6.45, 7) is 6.67. The molecule has 1 aliphatic heterocycles. The fourth-order valence-electron chi connectivity index (χ4n) is 3.32. The predicted octanol–water partition coefficient (Wildman–Crippen LogP) is 2.85. The Labute approximate surface area is 170 Å². The number of rotatable bonds is 6. The zero-order valence-electron chi connectivity index (χ0n) is 16.8. The van der Waals surface area contributed by atoms with E-state index in [0.29, 0.717) is 49.7 Å². The first kappa shape index (κ1) is 20.8. The van der Waals surface area contributed by atoms with E-state index in [1.165, 1.54) is 12.1 Å². The van der Waals surface area contributed by atoms with Gasteiger partial charge in [0.25, 0.3) is 5.91 Å². The number of halogens is 1. The summed E-state index contributed by atoms with van der Waals surface area (Å²) >= 11 is 0.